The number of hydrogen-bond donors (Lipinski definition) is 0. The zero-order valence-corrected chi connectivity index (χ0v) is 14.9. The Labute approximate surface area is 123 Å². The van der Waals surface area contributed by atoms with Crippen LogP contribution in [0.4, 0.5) is 0 Å². The molecule has 0 aromatic rings. The summed E-state index contributed by atoms with van der Waals surface area (Å²) < 4.78 is 16.0. The van der Waals surface area contributed by atoms with E-state index >= 15 is 0 Å². The van der Waals surface area contributed by atoms with Crippen LogP contribution in [0.1, 0.15) is 34.6 Å². The van der Waals surface area contributed by atoms with Crippen molar-refractivity contribution < 1.29 is 23.5 Å². The minimum absolute atomic E-state index is 0.0472. The summed E-state index contributed by atoms with van der Waals surface area (Å²) in [6.07, 6.45) is -1.53. The maximum Gasteiger partial charge on any atom is 0.337 e. The van der Waals surface area contributed by atoms with Crippen molar-refractivity contribution in [1.82, 2.24) is 0 Å². The highest BCUT2D eigenvalue weighted by Gasteiger charge is 2.44. The van der Waals surface area contributed by atoms with E-state index in [9.17, 15) is 9.59 Å². The summed E-state index contributed by atoms with van der Waals surface area (Å²) in [7, 11) is -0.873. The molecule has 0 aromatic carbocycles. The average Bonchev–Trinajstić information content (AvgIpc) is 2.30. The highest BCUT2D eigenvalue weighted by molar-refractivity contribution is 6.74. The third kappa shape index (κ3) is 4.90. The monoisotopic (exact) mass is 304 g/mol. The van der Waals surface area contributed by atoms with Crippen molar-refractivity contribution in [1.29, 1.82) is 0 Å². The SMILES string of the molecule is COC(=O)[C@H](O[Si](C)(C)C(C)(C)C)[C@@H](OC=O)C(C)C. The Balaban J connectivity index is 5.36. The van der Waals surface area contributed by atoms with Gasteiger partial charge in [0, 0.05) is 0 Å². The van der Waals surface area contributed by atoms with Gasteiger partial charge in [0.25, 0.3) is 6.47 Å². The first-order valence-corrected chi connectivity index (χ1v) is 9.73. The molecule has 0 saturated carbocycles. The highest BCUT2D eigenvalue weighted by atomic mass is 28.4. The Hall–Kier alpha value is -0.883. The average molecular weight is 304 g/mol. The van der Waals surface area contributed by atoms with E-state index < -0.39 is 26.5 Å². The van der Waals surface area contributed by atoms with Gasteiger partial charge in [0.2, 0.25) is 0 Å². The number of esters is 1. The first-order valence-electron chi connectivity index (χ1n) is 6.82. The van der Waals surface area contributed by atoms with E-state index in [0.29, 0.717) is 6.47 Å². The van der Waals surface area contributed by atoms with Crippen LogP contribution in [0, 0.1) is 5.92 Å². The highest BCUT2D eigenvalue weighted by Crippen LogP contribution is 2.38. The Morgan fingerprint density at radius 3 is 2.00 bits per heavy atom. The van der Waals surface area contributed by atoms with Crippen LogP contribution in [0.5, 0.6) is 0 Å². The molecule has 20 heavy (non-hydrogen) atoms. The predicted molar refractivity (Wildman–Crippen MR) is 79.9 cm³/mol. The van der Waals surface area contributed by atoms with E-state index in [0.717, 1.165) is 0 Å². The Morgan fingerprint density at radius 2 is 1.70 bits per heavy atom. The minimum Gasteiger partial charge on any atom is -0.467 e. The topological polar surface area (TPSA) is 61.8 Å². The van der Waals surface area contributed by atoms with Gasteiger partial charge < -0.3 is 13.9 Å². The molecule has 0 radical (unpaired) electrons. The molecule has 6 heteroatoms. The molecule has 0 unspecified atom stereocenters. The predicted octanol–water partition coefficient (Wildman–Crippen LogP) is 2.75. The summed E-state index contributed by atoms with van der Waals surface area (Å²) >= 11 is 0. The van der Waals surface area contributed by atoms with Gasteiger partial charge >= 0.3 is 5.97 Å². The van der Waals surface area contributed by atoms with Crippen molar-refractivity contribution in [2.45, 2.75) is 65.0 Å². The maximum absolute atomic E-state index is 12.0. The minimum atomic E-state index is -2.18. The molecular formula is C14H28O5Si. The second kappa shape index (κ2) is 7.22. The molecule has 0 rings (SSSR count). The van der Waals surface area contributed by atoms with E-state index in [-0.39, 0.29) is 11.0 Å². The Kier molecular flexibility index (Phi) is 6.90. The second-order valence-electron chi connectivity index (χ2n) is 6.76. The van der Waals surface area contributed by atoms with E-state index in [4.69, 9.17) is 13.9 Å². The fraction of sp³-hybridized carbons (Fsp3) is 0.857. The normalized spacial score (nSPS) is 15.7. The van der Waals surface area contributed by atoms with Crippen molar-refractivity contribution in [3.63, 3.8) is 0 Å². The van der Waals surface area contributed by atoms with Crippen molar-refractivity contribution in [3.8, 4) is 0 Å². The van der Waals surface area contributed by atoms with Crippen LogP contribution in [0.25, 0.3) is 0 Å². The summed E-state index contributed by atoms with van der Waals surface area (Å²) in [5.41, 5.74) is 0. The smallest absolute Gasteiger partial charge is 0.337 e. The molecule has 0 fully saturated rings. The van der Waals surface area contributed by atoms with Crippen molar-refractivity contribution >= 4 is 20.8 Å². The van der Waals surface area contributed by atoms with Crippen LogP contribution >= 0.6 is 0 Å². The zero-order valence-electron chi connectivity index (χ0n) is 13.9. The van der Waals surface area contributed by atoms with E-state index in [1.54, 1.807) is 0 Å². The van der Waals surface area contributed by atoms with Gasteiger partial charge in [-0.25, -0.2) is 4.79 Å². The Morgan fingerprint density at radius 1 is 1.20 bits per heavy atom. The molecular weight excluding hydrogens is 276 g/mol. The lowest BCUT2D eigenvalue weighted by Gasteiger charge is -2.40. The molecule has 0 aliphatic rings. The standard InChI is InChI=1S/C14H28O5Si/c1-10(2)11(18-9-15)12(13(16)17-6)19-20(7,8)14(3,4)5/h9-12H,1-8H3/t11-,12+/m0/s1. The first kappa shape index (κ1) is 19.1. The van der Waals surface area contributed by atoms with Crippen LogP contribution in [0.3, 0.4) is 0 Å². The molecule has 0 bridgehead atoms. The van der Waals surface area contributed by atoms with Gasteiger partial charge in [-0.15, -0.1) is 0 Å². The molecule has 118 valence electrons. The molecule has 2 atom stereocenters. The lowest BCUT2D eigenvalue weighted by molar-refractivity contribution is -0.163. The number of methoxy groups -OCH3 is 1. The number of carbonyl (C=O) groups excluding carboxylic acids is 2. The molecule has 0 spiro atoms. The van der Waals surface area contributed by atoms with Gasteiger partial charge in [-0.2, -0.15) is 0 Å². The van der Waals surface area contributed by atoms with E-state index in [1.807, 2.05) is 26.9 Å². The third-order valence-corrected chi connectivity index (χ3v) is 8.28. The molecule has 0 N–H and O–H groups in total. The van der Waals surface area contributed by atoms with Crippen LogP contribution in [-0.2, 0) is 23.5 Å². The van der Waals surface area contributed by atoms with Crippen molar-refractivity contribution in [3.05, 3.63) is 0 Å². The number of ether oxygens (including phenoxy) is 2. The zero-order chi connectivity index (χ0) is 16.1. The summed E-state index contributed by atoms with van der Waals surface area (Å²) in [5, 5.41) is -0.0536. The number of rotatable bonds is 7. The lowest BCUT2D eigenvalue weighted by Crippen LogP contribution is -2.52. The van der Waals surface area contributed by atoms with Gasteiger partial charge in [0.1, 0.15) is 6.10 Å². The molecule has 0 aliphatic carbocycles. The van der Waals surface area contributed by atoms with Crippen LogP contribution in [0.2, 0.25) is 18.1 Å². The van der Waals surface area contributed by atoms with Gasteiger partial charge in [0.15, 0.2) is 14.4 Å². The summed E-state index contributed by atoms with van der Waals surface area (Å²) in [6.45, 7) is 14.4. The molecule has 0 aliphatic heterocycles. The van der Waals surface area contributed by atoms with Gasteiger partial charge in [-0.3, -0.25) is 4.79 Å². The lowest BCUT2D eigenvalue weighted by atomic mass is 10.0. The quantitative estimate of drug-likeness (QED) is 0.411. The first-order chi connectivity index (χ1) is 8.97. The van der Waals surface area contributed by atoms with Gasteiger partial charge in [-0.05, 0) is 24.1 Å². The number of hydrogen-bond acceptors (Lipinski definition) is 5. The molecule has 0 aromatic heterocycles. The molecule has 0 saturated heterocycles. The number of carbonyl (C=O) groups is 2. The summed E-state index contributed by atoms with van der Waals surface area (Å²) in [6, 6.07) is 0. The summed E-state index contributed by atoms with van der Waals surface area (Å²) in [5.74, 6) is -0.551. The largest absolute Gasteiger partial charge is 0.467 e. The van der Waals surface area contributed by atoms with E-state index in [2.05, 4.69) is 20.8 Å². The maximum atomic E-state index is 12.0. The molecule has 0 heterocycles. The third-order valence-electron chi connectivity index (χ3n) is 3.83. The van der Waals surface area contributed by atoms with Gasteiger partial charge in [-0.1, -0.05) is 34.6 Å². The summed E-state index contributed by atoms with van der Waals surface area (Å²) in [4.78, 5) is 22.7. The molecule has 5 nitrogen and oxygen atoms in total. The fourth-order valence-electron chi connectivity index (χ4n) is 1.50. The molecule has 0 amide bonds. The van der Waals surface area contributed by atoms with Crippen molar-refractivity contribution in [2.24, 2.45) is 5.92 Å². The van der Waals surface area contributed by atoms with Crippen LogP contribution < -0.4 is 0 Å². The van der Waals surface area contributed by atoms with Crippen molar-refractivity contribution in [2.75, 3.05) is 7.11 Å². The Bertz CT molecular complexity index is 333. The van der Waals surface area contributed by atoms with E-state index in [1.165, 1.54) is 7.11 Å². The second-order valence-corrected chi connectivity index (χ2v) is 11.5. The fourth-order valence-corrected chi connectivity index (χ4v) is 2.72. The van der Waals surface area contributed by atoms with Crippen LogP contribution in [0.15, 0.2) is 0 Å². The van der Waals surface area contributed by atoms with Crippen LogP contribution in [-0.4, -0.2) is 40.1 Å². The van der Waals surface area contributed by atoms with Gasteiger partial charge in [0.05, 0.1) is 7.11 Å².